The summed E-state index contributed by atoms with van der Waals surface area (Å²) in [5.41, 5.74) is -1.19. The number of halogens is 3. The first-order valence-electron chi connectivity index (χ1n) is 9.66. The van der Waals surface area contributed by atoms with E-state index in [0.29, 0.717) is 5.76 Å². The third-order valence-electron chi connectivity index (χ3n) is 4.48. The summed E-state index contributed by atoms with van der Waals surface area (Å²) in [4.78, 5) is 26.4. The number of hydrogen-bond acceptors (Lipinski definition) is 5. The van der Waals surface area contributed by atoms with E-state index in [9.17, 15) is 22.8 Å². The zero-order valence-corrected chi connectivity index (χ0v) is 17.1. The van der Waals surface area contributed by atoms with Crippen LogP contribution >= 0.6 is 0 Å². The number of hydrogen-bond donors (Lipinski definition) is 1. The molecule has 3 aromatic rings. The summed E-state index contributed by atoms with van der Waals surface area (Å²) in [6, 6.07) is 16.0. The number of amides is 2. The van der Waals surface area contributed by atoms with Crippen molar-refractivity contribution in [3.63, 3.8) is 0 Å². The van der Waals surface area contributed by atoms with E-state index in [4.69, 9.17) is 14.4 Å². The molecule has 1 aromatic heterocycles. The largest absolute Gasteiger partial charge is 0.482 e. The number of rotatable bonds is 8. The van der Waals surface area contributed by atoms with Crippen LogP contribution in [0.4, 0.5) is 18.9 Å². The molecule has 0 aliphatic rings. The topological polar surface area (TPSA) is 95.6 Å². The smallest absolute Gasteiger partial charge is 0.418 e. The Morgan fingerprint density at radius 2 is 1.79 bits per heavy atom. The molecule has 7 nitrogen and oxygen atoms in total. The van der Waals surface area contributed by atoms with Crippen LogP contribution in [0.15, 0.2) is 71.3 Å². The van der Waals surface area contributed by atoms with Crippen LogP contribution in [0.3, 0.4) is 0 Å². The monoisotopic (exact) mass is 457 g/mol. The van der Waals surface area contributed by atoms with E-state index in [1.165, 1.54) is 30.5 Å². The summed E-state index contributed by atoms with van der Waals surface area (Å²) >= 11 is 0. The third kappa shape index (κ3) is 6.36. The number of furan rings is 1. The molecular formula is C23H18F3N3O4. The van der Waals surface area contributed by atoms with Gasteiger partial charge in [-0.1, -0.05) is 24.3 Å². The number of carbonyl (C=O) groups is 2. The molecule has 0 spiro atoms. The van der Waals surface area contributed by atoms with Gasteiger partial charge in [0, 0.05) is 0 Å². The van der Waals surface area contributed by atoms with Crippen LogP contribution < -0.4 is 10.1 Å². The lowest BCUT2D eigenvalue weighted by Crippen LogP contribution is -2.40. The van der Waals surface area contributed by atoms with Gasteiger partial charge in [-0.3, -0.25) is 9.59 Å². The van der Waals surface area contributed by atoms with Gasteiger partial charge in [0.1, 0.15) is 24.1 Å². The quantitative estimate of drug-likeness (QED) is 0.547. The van der Waals surface area contributed by atoms with Crippen LogP contribution in [0, 0.1) is 11.3 Å². The van der Waals surface area contributed by atoms with Crippen LogP contribution in [0.25, 0.3) is 0 Å². The van der Waals surface area contributed by atoms with Gasteiger partial charge in [-0.05, 0) is 36.4 Å². The number of anilines is 1. The zero-order chi connectivity index (χ0) is 23.8. The van der Waals surface area contributed by atoms with Gasteiger partial charge >= 0.3 is 6.18 Å². The summed E-state index contributed by atoms with van der Waals surface area (Å²) in [5.74, 6) is -0.901. The van der Waals surface area contributed by atoms with Crippen LogP contribution in [0.2, 0.25) is 0 Å². The average Bonchev–Trinajstić information content (AvgIpc) is 3.30. The minimum absolute atomic E-state index is 0.108. The lowest BCUT2D eigenvalue weighted by molar-refractivity contribution is -0.138. The molecule has 2 aromatic carbocycles. The third-order valence-corrected chi connectivity index (χ3v) is 4.48. The lowest BCUT2D eigenvalue weighted by Gasteiger charge is -2.22. The van der Waals surface area contributed by atoms with E-state index in [1.807, 2.05) is 6.07 Å². The molecule has 0 atom stereocenters. The fraction of sp³-hybridized carbons (Fsp3) is 0.174. The van der Waals surface area contributed by atoms with Gasteiger partial charge in [0.2, 0.25) is 5.91 Å². The molecule has 10 heteroatoms. The first-order valence-corrected chi connectivity index (χ1v) is 9.66. The molecular weight excluding hydrogens is 439 g/mol. The summed E-state index contributed by atoms with van der Waals surface area (Å²) in [7, 11) is 0. The molecule has 1 N–H and O–H groups in total. The Bertz CT molecular complexity index is 1150. The second-order valence-electron chi connectivity index (χ2n) is 6.82. The first-order chi connectivity index (χ1) is 15.8. The molecule has 33 heavy (non-hydrogen) atoms. The van der Waals surface area contributed by atoms with Gasteiger partial charge in [0.05, 0.1) is 29.6 Å². The highest BCUT2D eigenvalue weighted by Gasteiger charge is 2.33. The van der Waals surface area contributed by atoms with Crippen molar-refractivity contribution in [3.8, 4) is 11.8 Å². The fourth-order valence-electron chi connectivity index (χ4n) is 2.94. The van der Waals surface area contributed by atoms with E-state index >= 15 is 0 Å². The number of nitrogens with one attached hydrogen (secondary N) is 1. The van der Waals surface area contributed by atoms with Gasteiger partial charge < -0.3 is 19.4 Å². The number of benzene rings is 2. The van der Waals surface area contributed by atoms with E-state index in [1.54, 1.807) is 24.3 Å². The summed E-state index contributed by atoms with van der Waals surface area (Å²) in [6.07, 6.45) is -3.27. The van der Waals surface area contributed by atoms with Crippen molar-refractivity contribution < 1.29 is 31.9 Å². The van der Waals surface area contributed by atoms with Gasteiger partial charge in [-0.2, -0.15) is 18.4 Å². The summed E-state index contributed by atoms with van der Waals surface area (Å²) in [6.45, 7) is -1.15. The number of alkyl halides is 3. The molecule has 0 aliphatic heterocycles. The summed E-state index contributed by atoms with van der Waals surface area (Å²) in [5, 5.41) is 11.3. The van der Waals surface area contributed by atoms with Crippen molar-refractivity contribution in [2.75, 3.05) is 18.5 Å². The van der Waals surface area contributed by atoms with E-state index < -0.39 is 42.4 Å². The van der Waals surface area contributed by atoms with E-state index in [0.717, 1.165) is 17.0 Å². The minimum Gasteiger partial charge on any atom is -0.482 e. The second kappa shape index (κ2) is 10.4. The molecule has 0 radical (unpaired) electrons. The summed E-state index contributed by atoms with van der Waals surface area (Å²) < 4.78 is 50.2. The Morgan fingerprint density at radius 3 is 2.48 bits per heavy atom. The number of carbonyl (C=O) groups excluding carboxylic acids is 2. The van der Waals surface area contributed by atoms with Crippen molar-refractivity contribution in [2.45, 2.75) is 12.7 Å². The molecule has 170 valence electrons. The van der Waals surface area contributed by atoms with Crippen molar-refractivity contribution in [1.82, 2.24) is 4.90 Å². The molecule has 3 rings (SSSR count). The average molecular weight is 457 g/mol. The van der Waals surface area contributed by atoms with Gasteiger partial charge in [0.15, 0.2) is 6.61 Å². The Kier molecular flexibility index (Phi) is 7.35. The molecule has 2 amide bonds. The molecule has 0 saturated heterocycles. The maximum absolute atomic E-state index is 13.2. The van der Waals surface area contributed by atoms with Crippen molar-refractivity contribution in [2.24, 2.45) is 0 Å². The number of nitrogens with zero attached hydrogens (tertiary/aromatic N) is 2. The van der Waals surface area contributed by atoms with Crippen LogP contribution in [-0.4, -0.2) is 29.9 Å². The maximum atomic E-state index is 13.2. The standard InChI is InChI=1S/C23H18F3N3O4/c24-23(25,26)18-8-2-3-9-19(18)28-21(30)14-29(13-17-7-5-11-32-17)22(31)15-33-20-10-4-1-6-16(20)12-27/h1-11H,13-15H2,(H,28,30). The van der Waals surface area contributed by atoms with Crippen LogP contribution in [0.5, 0.6) is 5.75 Å². The Morgan fingerprint density at radius 1 is 1.06 bits per heavy atom. The SMILES string of the molecule is N#Cc1ccccc1OCC(=O)N(CC(=O)Nc1ccccc1C(F)(F)F)Cc1ccco1. The highest BCUT2D eigenvalue weighted by atomic mass is 19.4. The molecule has 0 unspecified atom stereocenters. The van der Waals surface area contributed by atoms with E-state index in [-0.39, 0.29) is 17.9 Å². The Balaban J connectivity index is 1.72. The lowest BCUT2D eigenvalue weighted by atomic mass is 10.1. The predicted octanol–water partition coefficient (Wildman–Crippen LogP) is 4.22. The van der Waals surface area contributed by atoms with Crippen LogP contribution in [0.1, 0.15) is 16.9 Å². The molecule has 0 fully saturated rings. The fourth-order valence-corrected chi connectivity index (χ4v) is 2.94. The highest BCUT2D eigenvalue weighted by molar-refractivity contribution is 5.95. The Hall–Kier alpha value is -4.26. The molecule has 0 aliphatic carbocycles. The predicted molar refractivity (Wildman–Crippen MR) is 111 cm³/mol. The molecule has 1 heterocycles. The number of ether oxygens (including phenoxy) is 1. The maximum Gasteiger partial charge on any atom is 0.418 e. The molecule has 0 saturated carbocycles. The zero-order valence-electron chi connectivity index (χ0n) is 17.1. The van der Waals surface area contributed by atoms with Gasteiger partial charge in [-0.25, -0.2) is 0 Å². The Labute approximate surface area is 187 Å². The second-order valence-corrected chi connectivity index (χ2v) is 6.82. The van der Waals surface area contributed by atoms with Crippen molar-refractivity contribution in [3.05, 3.63) is 83.8 Å². The van der Waals surface area contributed by atoms with Crippen LogP contribution in [-0.2, 0) is 22.3 Å². The van der Waals surface area contributed by atoms with Gasteiger partial charge in [0.25, 0.3) is 5.91 Å². The molecule has 0 bridgehead atoms. The van der Waals surface area contributed by atoms with Crippen molar-refractivity contribution in [1.29, 1.82) is 5.26 Å². The van der Waals surface area contributed by atoms with Gasteiger partial charge in [-0.15, -0.1) is 0 Å². The number of nitriles is 1. The van der Waals surface area contributed by atoms with Crippen molar-refractivity contribution >= 4 is 17.5 Å². The number of para-hydroxylation sites is 2. The minimum atomic E-state index is -4.66. The highest BCUT2D eigenvalue weighted by Crippen LogP contribution is 2.34. The first kappa shape index (κ1) is 23.4. The normalized spacial score (nSPS) is 10.8. The van der Waals surface area contributed by atoms with E-state index in [2.05, 4.69) is 5.32 Å².